The standard InChI is InChI=1S/C27H34FN5O2/c1-4-10-24-29-26(30-35-24)21-13-14-23(22(28)19-21)32-15-17-33(18-16-32)25(20-11-8-7-9-12-20)27(34)31(5-2)6-3/h7-9,11-14,19,25H,4-6,10,15-18H2,1-3H3. The number of aryl methyl sites for hydroxylation is 1. The molecule has 0 bridgehead atoms. The van der Waals surface area contributed by atoms with Crippen LogP contribution in [0.4, 0.5) is 10.1 Å². The molecule has 1 amide bonds. The molecule has 3 aromatic rings. The molecule has 35 heavy (non-hydrogen) atoms. The lowest BCUT2D eigenvalue weighted by molar-refractivity contribution is -0.137. The van der Waals surface area contributed by atoms with Gasteiger partial charge in [-0.05, 0) is 44.0 Å². The molecule has 7 nitrogen and oxygen atoms in total. The number of hydrogen-bond acceptors (Lipinski definition) is 6. The number of amides is 1. The lowest BCUT2D eigenvalue weighted by Crippen LogP contribution is -2.51. The minimum atomic E-state index is -0.332. The number of piperazine rings is 1. The molecule has 0 saturated carbocycles. The van der Waals surface area contributed by atoms with Crippen LogP contribution in [0, 0.1) is 5.82 Å². The Hall–Kier alpha value is -3.26. The first-order valence-corrected chi connectivity index (χ1v) is 12.5. The van der Waals surface area contributed by atoms with E-state index in [1.54, 1.807) is 6.07 Å². The van der Waals surface area contributed by atoms with Gasteiger partial charge in [-0.25, -0.2) is 4.39 Å². The highest BCUT2D eigenvalue weighted by atomic mass is 19.1. The second-order valence-corrected chi connectivity index (χ2v) is 8.77. The largest absolute Gasteiger partial charge is 0.367 e. The summed E-state index contributed by atoms with van der Waals surface area (Å²) >= 11 is 0. The average Bonchev–Trinajstić information content (AvgIpc) is 3.35. The predicted molar refractivity (Wildman–Crippen MR) is 135 cm³/mol. The lowest BCUT2D eigenvalue weighted by atomic mass is 10.0. The van der Waals surface area contributed by atoms with E-state index in [9.17, 15) is 4.79 Å². The van der Waals surface area contributed by atoms with Crippen LogP contribution < -0.4 is 4.90 Å². The normalized spacial score (nSPS) is 15.3. The fourth-order valence-corrected chi connectivity index (χ4v) is 4.66. The molecule has 4 rings (SSSR count). The summed E-state index contributed by atoms with van der Waals surface area (Å²) < 4.78 is 20.4. The Kier molecular flexibility index (Phi) is 8.13. The minimum absolute atomic E-state index is 0.118. The van der Waals surface area contributed by atoms with E-state index >= 15 is 4.39 Å². The number of anilines is 1. The van der Waals surface area contributed by atoms with E-state index in [4.69, 9.17) is 4.52 Å². The van der Waals surface area contributed by atoms with Crippen LogP contribution in [0.5, 0.6) is 0 Å². The number of aromatic nitrogens is 2. The number of carbonyl (C=O) groups excluding carboxylic acids is 1. The number of likely N-dealkylation sites (N-methyl/N-ethyl adjacent to an activating group) is 1. The van der Waals surface area contributed by atoms with Crippen LogP contribution in [-0.2, 0) is 11.2 Å². The third kappa shape index (κ3) is 5.53. The zero-order valence-electron chi connectivity index (χ0n) is 20.8. The first-order chi connectivity index (χ1) is 17.0. The Morgan fingerprint density at radius 3 is 2.40 bits per heavy atom. The molecule has 0 N–H and O–H groups in total. The maximum Gasteiger partial charge on any atom is 0.244 e. The predicted octanol–water partition coefficient (Wildman–Crippen LogP) is 4.56. The average molecular weight is 480 g/mol. The van der Waals surface area contributed by atoms with Gasteiger partial charge in [0.2, 0.25) is 17.6 Å². The van der Waals surface area contributed by atoms with Gasteiger partial charge in [0.25, 0.3) is 0 Å². The molecule has 1 aliphatic heterocycles. The SMILES string of the molecule is CCCc1nc(-c2ccc(N3CCN(C(C(=O)N(CC)CC)c4ccccc4)CC3)c(F)c2)no1. The lowest BCUT2D eigenvalue weighted by Gasteiger charge is -2.41. The molecule has 1 aromatic heterocycles. The Morgan fingerprint density at radius 2 is 1.77 bits per heavy atom. The van der Waals surface area contributed by atoms with Crippen molar-refractivity contribution in [2.75, 3.05) is 44.2 Å². The number of hydrogen-bond donors (Lipinski definition) is 0. The summed E-state index contributed by atoms with van der Waals surface area (Å²) in [6, 6.07) is 14.7. The fourth-order valence-electron chi connectivity index (χ4n) is 4.66. The van der Waals surface area contributed by atoms with Gasteiger partial charge in [-0.1, -0.05) is 42.4 Å². The molecule has 0 aliphatic carbocycles. The molecule has 0 spiro atoms. The van der Waals surface area contributed by atoms with Crippen molar-refractivity contribution in [3.63, 3.8) is 0 Å². The minimum Gasteiger partial charge on any atom is -0.367 e. The highest BCUT2D eigenvalue weighted by Crippen LogP contribution is 2.29. The third-order valence-corrected chi connectivity index (χ3v) is 6.58. The topological polar surface area (TPSA) is 65.7 Å². The number of carbonyl (C=O) groups is 1. The molecule has 186 valence electrons. The van der Waals surface area contributed by atoms with Crippen molar-refractivity contribution in [3.05, 3.63) is 65.8 Å². The molecular weight excluding hydrogens is 445 g/mol. The van der Waals surface area contributed by atoms with E-state index in [2.05, 4.69) is 15.0 Å². The summed E-state index contributed by atoms with van der Waals surface area (Å²) in [5, 5.41) is 3.98. The van der Waals surface area contributed by atoms with Crippen molar-refractivity contribution in [2.24, 2.45) is 0 Å². The van der Waals surface area contributed by atoms with Gasteiger partial charge in [0.05, 0.1) is 5.69 Å². The summed E-state index contributed by atoms with van der Waals surface area (Å²) in [5.74, 6) is 0.782. The number of nitrogens with zero attached hydrogens (tertiary/aromatic N) is 5. The van der Waals surface area contributed by atoms with Crippen LogP contribution in [0.3, 0.4) is 0 Å². The van der Waals surface area contributed by atoms with E-state index in [-0.39, 0.29) is 17.8 Å². The first kappa shape index (κ1) is 24.9. The number of halogens is 1. The van der Waals surface area contributed by atoms with Gasteiger partial charge >= 0.3 is 0 Å². The van der Waals surface area contributed by atoms with Crippen LogP contribution >= 0.6 is 0 Å². The molecule has 1 aliphatic rings. The zero-order valence-corrected chi connectivity index (χ0v) is 20.8. The summed E-state index contributed by atoms with van der Waals surface area (Å²) in [7, 11) is 0. The first-order valence-electron chi connectivity index (χ1n) is 12.5. The molecule has 1 saturated heterocycles. The van der Waals surface area contributed by atoms with Gasteiger partial charge in [-0.15, -0.1) is 0 Å². The van der Waals surface area contributed by atoms with E-state index < -0.39 is 0 Å². The smallest absolute Gasteiger partial charge is 0.244 e. The summed E-state index contributed by atoms with van der Waals surface area (Å²) in [6.45, 7) is 10.0. The van der Waals surface area contributed by atoms with Gasteiger partial charge in [-0.2, -0.15) is 4.98 Å². The maximum absolute atomic E-state index is 15.1. The number of rotatable bonds is 9. The summed E-state index contributed by atoms with van der Waals surface area (Å²) in [4.78, 5) is 23.9. The molecule has 1 fully saturated rings. The highest BCUT2D eigenvalue weighted by Gasteiger charge is 2.33. The second-order valence-electron chi connectivity index (χ2n) is 8.77. The van der Waals surface area contributed by atoms with Gasteiger partial charge in [0, 0.05) is 51.3 Å². The fraction of sp³-hybridized carbons (Fsp3) is 0.444. The Balaban J connectivity index is 1.48. The maximum atomic E-state index is 15.1. The monoisotopic (exact) mass is 479 g/mol. The molecule has 1 atom stereocenters. The van der Waals surface area contributed by atoms with Crippen molar-refractivity contribution in [3.8, 4) is 11.4 Å². The van der Waals surface area contributed by atoms with Crippen molar-refractivity contribution in [2.45, 2.75) is 39.7 Å². The van der Waals surface area contributed by atoms with Crippen LogP contribution in [0.15, 0.2) is 53.1 Å². The van der Waals surface area contributed by atoms with Crippen LogP contribution in [0.1, 0.15) is 44.7 Å². The van der Waals surface area contributed by atoms with Crippen molar-refractivity contribution >= 4 is 11.6 Å². The Bertz CT molecular complexity index is 1110. The zero-order chi connectivity index (χ0) is 24.8. The van der Waals surface area contributed by atoms with E-state index in [0.29, 0.717) is 68.7 Å². The van der Waals surface area contributed by atoms with Crippen LogP contribution in [0.2, 0.25) is 0 Å². The van der Waals surface area contributed by atoms with Crippen molar-refractivity contribution in [1.29, 1.82) is 0 Å². The van der Waals surface area contributed by atoms with Crippen molar-refractivity contribution in [1.82, 2.24) is 19.9 Å². The van der Waals surface area contributed by atoms with Gasteiger partial charge in [0.1, 0.15) is 11.9 Å². The quantitative estimate of drug-likeness (QED) is 0.448. The number of benzene rings is 2. The highest BCUT2D eigenvalue weighted by molar-refractivity contribution is 5.83. The second kappa shape index (κ2) is 11.4. The summed E-state index contributed by atoms with van der Waals surface area (Å²) in [5.41, 5.74) is 2.15. The Labute approximate surface area is 206 Å². The summed E-state index contributed by atoms with van der Waals surface area (Å²) in [6.07, 6.45) is 1.62. The van der Waals surface area contributed by atoms with Gasteiger partial charge in [0.15, 0.2) is 0 Å². The molecular formula is C27H34FN5O2. The van der Waals surface area contributed by atoms with Crippen LogP contribution in [0.25, 0.3) is 11.4 Å². The van der Waals surface area contributed by atoms with Crippen LogP contribution in [-0.4, -0.2) is 65.1 Å². The van der Waals surface area contributed by atoms with Gasteiger partial charge < -0.3 is 14.3 Å². The third-order valence-electron chi connectivity index (χ3n) is 6.58. The Morgan fingerprint density at radius 1 is 1.06 bits per heavy atom. The molecule has 2 aromatic carbocycles. The molecule has 8 heteroatoms. The molecule has 2 heterocycles. The van der Waals surface area contributed by atoms with Gasteiger partial charge in [-0.3, -0.25) is 9.69 Å². The molecule has 1 unspecified atom stereocenters. The van der Waals surface area contributed by atoms with E-state index in [1.165, 1.54) is 6.07 Å². The molecule has 0 radical (unpaired) electrons. The van der Waals surface area contributed by atoms with E-state index in [1.807, 2.05) is 67.0 Å². The van der Waals surface area contributed by atoms with Crippen molar-refractivity contribution < 1.29 is 13.7 Å². The van der Waals surface area contributed by atoms with E-state index in [0.717, 1.165) is 12.0 Å².